The molecule has 2 aromatic rings. The van der Waals surface area contributed by atoms with E-state index in [1.807, 2.05) is 32.9 Å². The highest BCUT2D eigenvalue weighted by molar-refractivity contribution is 7.17. The van der Waals surface area contributed by atoms with Gasteiger partial charge in [0.2, 0.25) is 0 Å². The second-order valence-corrected chi connectivity index (χ2v) is 8.85. The molecule has 1 saturated heterocycles. The van der Waals surface area contributed by atoms with E-state index in [-0.39, 0.29) is 6.04 Å². The van der Waals surface area contributed by atoms with Gasteiger partial charge in [-0.05, 0) is 45.2 Å². The topological polar surface area (TPSA) is 80.5 Å². The number of hydrogen-bond acceptors (Lipinski definition) is 5. The molecule has 1 aliphatic rings. The Balaban J connectivity index is 1.98. The van der Waals surface area contributed by atoms with Crippen molar-refractivity contribution in [2.45, 2.75) is 45.7 Å². The number of rotatable bonds is 2. The highest BCUT2D eigenvalue weighted by atomic mass is 32.1. The summed E-state index contributed by atoms with van der Waals surface area (Å²) < 4.78 is 0.995. The number of nitriles is 1. The van der Waals surface area contributed by atoms with Gasteiger partial charge in [-0.2, -0.15) is 5.26 Å². The normalized spacial score (nSPS) is 20.8. The maximum absolute atomic E-state index is 11.9. The lowest BCUT2D eigenvalue weighted by Gasteiger charge is -2.46. The average molecular weight is 372 g/mol. The molecule has 0 aliphatic carbocycles. The highest BCUT2D eigenvalue weighted by Gasteiger charge is 2.38. The van der Waals surface area contributed by atoms with Gasteiger partial charge in [-0.3, -0.25) is 4.90 Å². The van der Waals surface area contributed by atoms with Gasteiger partial charge in [0.1, 0.15) is 11.6 Å². The maximum Gasteiger partial charge on any atom is 0.408 e. The molecule has 0 bridgehead atoms. The number of nitrogens with zero attached hydrogens (tertiary/aromatic N) is 4. The van der Waals surface area contributed by atoms with Crippen molar-refractivity contribution in [3.63, 3.8) is 0 Å². The Bertz CT molecular complexity index is 865. The minimum Gasteiger partial charge on any atom is -0.465 e. The van der Waals surface area contributed by atoms with Gasteiger partial charge in [-0.15, -0.1) is 11.3 Å². The van der Waals surface area contributed by atoms with Gasteiger partial charge in [-0.25, -0.2) is 9.78 Å². The molecule has 138 valence electrons. The van der Waals surface area contributed by atoms with E-state index in [0.29, 0.717) is 18.0 Å². The summed E-state index contributed by atoms with van der Waals surface area (Å²) in [5.74, 6) is 0.372. The van der Waals surface area contributed by atoms with Crippen LogP contribution in [0.3, 0.4) is 0 Å². The fraction of sp³-hybridized carbons (Fsp3) is 0.526. The lowest BCUT2D eigenvalue weighted by molar-refractivity contribution is 0.0588. The Morgan fingerprint density at radius 2 is 2.15 bits per heavy atom. The van der Waals surface area contributed by atoms with E-state index in [0.717, 1.165) is 28.9 Å². The molecule has 1 N–H and O–H groups in total. The van der Waals surface area contributed by atoms with E-state index in [4.69, 9.17) is 0 Å². The summed E-state index contributed by atoms with van der Waals surface area (Å²) in [5, 5.41) is 19.1. The number of piperidine rings is 1. The number of fused-ring (bicyclic) bond motifs is 1. The SMILES string of the molecule is C[C@H]1C[C@@H](N(C(=O)O)C(C)(C)C)CN(c2ccc(C#N)c3ncsc23)C1. The summed E-state index contributed by atoms with van der Waals surface area (Å²) in [6.45, 7) is 9.49. The lowest BCUT2D eigenvalue weighted by Crippen LogP contribution is -2.58. The Labute approximate surface area is 157 Å². The van der Waals surface area contributed by atoms with Crippen LogP contribution in [-0.2, 0) is 0 Å². The zero-order valence-corrected chi connectivity index (χ0v) is 16.4. The van der Waals surface area contributed by atoms with Crippen LogP contribution in [0.2, 0.25) is 0 Å². The first-order valence-electron chi connectivity index (χ1n) is 8.76. The molecule has 0 saturated carbocycles. The standard InChI is InChI=1S/C19H24N4O2S/c1-12-7-14(23(18(24)25)19(2,3)4)10-22(9-12)15-6-5-13(8-20)16-17(15)26-11-21-16/h5-6,11-12,14H,7,9-10H2,1-4H3,(H,24,25)/t12-,14+/m0/s1. The fourth-order valence-electron chi connectivity index (χ4n) is 3.97. The van der Waals surface area contributed by atoms with Gasteiger partial charge < -0.3 is 10.0 Å². The summed E-state index contributed by atoms with van der Waals surface area (Å²) in [6, 6.07) is 5.90. The minimum atomic E-state index is -0.876. The molecule has 1 aromatic carbocycles. The zero-order chi connectivity index (χ0) is 19.1. The summed E-state index contributed by atoms with van der Waals surface area (Å²) in [6.07, 6.45) is -0.0262. The van der Waals surface area contributed by atoms with Gasteiger partial charge in [0, 0.05) is 18.6 Å². The van der Waals surface area contributed by atoms with Crippen LogP contribution in [0.1, 0.15) is 39.7 Å². The van der Waals surface area contributed by atoms with Gasteiger partial charge in [-0.1, -0.05) is 6.92 Å². The Hall–Kier alpha value is -2.33. The number of aromatic nitrogens is 1. The van der Waals surface area contributed by atoms with Gasteiger partial charge in [0.25, 0.3) is 0 Å². The van der Waals surface area contributed by atoms with E-state index in [1.165, 1.54) is 11.3 Å². The summed E-state index contributed by atoms with van der Waals surface area (Å²) >= 11 is 1.53. The molecule has 0 spiro atoms. The monoisotopic (exact) mass is 372 g/mol. The van der Waals surface area contributed by atoms with Crippen LogP contribution < -0.4 is 4.90 Å². The van der Waals surface area contributed by atoms with Crippen LogP contribution in [0.5, 0.6) is 0 Å². The summed E-state index contributed by atoms with van der Waals surface area (Å²) in [5.41, 5.74) is 3.66. The molecule has 1 aromatic heterocycles. The predicted octanol–water partition coefficient (Wildman–Crippen LogP) is 4.16. The molecule has 6 nitrogen and oxygen atoms in total. The summed E-state index contributed by atoms with van der Waals surface area (Å²) in [4.78, 5) is 20.1. The molecule has 2 atom stereocenters. The van der Waals surface area contributed by atoms with E-state index in [1.54, 1.807) is 10.4 Å². The molecule has 2 heterocycles. The number of amides is 1. The second-order valence-electron chi connectivity index (χ2n) is 8.00. The third-order valence-electron chi connectivity index (χ3n) is 4.86. The van der Waals surface area contributed by atoms with Crippen molar-refractivity contribution in [2.75, 3.05) is 18.0 Å². The number of carbonyl (C=O) groups is 1. The number of hydrogen-bond donors (Lipinski definition) is 1. The smallest absolute Gasteiger partial charge is 0.408 e. The van der Waals surface area contributed by atoms with Crippen LogP contribution >= 0.6 is 11.3 Å². The van der Waals surface area contributed by atoms with Gasteiger partial charge in [0.05, 0.1) is 27.5 Å². The van der Waals surface area contributed by atoms with Crippen LogP contribution in [-0.4, -0.2) is 45.8 Å². The van der Waals surface area contributed by atoms with Crippen molar-refractivity contribution in [3.8, 4) is 6.07 Å². The molecule has 0 unspecified atom stereocenters. The van der Waals surface area contributed by atoms with E-state index in [2.05, 4.69) is 22.9 Å². The van der Waals surface area contributed by atoms with Crippen molar-refractivity contribution < 1.29 is 9.90 Å². The molecule has 1 amide bonds. The Morgan fingerprint density at radius 1 is 1.42 bits per heavy atom. The molecule has 26 heavy (non-hydrogen) atoms. The largest absolute Gasteiger partial charge is 0.465 e. The van der Waals surface area contributed by atoms with E-state index < -0.39 is 11.6 Å². The number of carboxylic acid groups (broad SMARTS) is 1. The highest BCUT2D eigenvalue weighted by Crippen LogP contribution is 2.36. The molecule has 3 rings (SSSR count). The van der Waals surface area contributed by atoms with Crippen LogP contribution in [0, 0.1) is 17.2 Å². The van der Waals surface area contributed by atoms with E-state index >= 15 is 0 Å². The van der Waals surface area contributed by atoms with Crippen molar-refractivity contribution in [3.05, 3.63) is 23.2 Å². The Kier molecular flexibility index (Phi) is 4.80. The summed E-state index contributed by atoms with van der Waals surface area (Å²) in [7, 11) is 0. The van der Waals surface area contributed by atoms with Crippen molar-refractivity contribution in [2.24, 2.45) is 5.92 Å². The van der Waals surface area contributed by atoms with Crippen LogP contribution in [0.4, 0.5) is 10.5 Å². The first kappa shape index (κ1) is 18.5. The molecule has 1 aliphatic heterocycles. The quantitative estimate of drug-likeness (QED) is 0.856. The zero-order valence-electron chi connectivity index (χ0n) is 15.6. The maximum atomic E-state index is 11.9. The third-order valence-corrected chi connectivity index (χ3v) is 5.70. The molecule has 0 radical (unpaired) electrons. The number of thiazole rings is 1. The molecular formula is C19H24N4O2S. The predicted molar refractivity (Wildman–Crippen MR) is 104 cm³/mol. The number of benzene rings is 1. The van der Waals surface area contributed by atoms with Crippen LogP contribution in [0.25, 0.3) is 10.2 Å². The molecule has 1 fully saturated rings. The number of anilines is 1. The Morgan fingerprint density at radius 3 is 2.77 bits per heavy atom. The first-order chi connectivity index (χ1) is 12.2. The van der Waals surface area contributed by atoms with Crippen molar-refractivity contribution in [1.82, 2.24) is 9.88 Å². The first-order valence-corrected chi connectivity index (χ1v) is 9.64. The average Bonchev–Trinajstić information content (AvgIpc) is 3.01. The minimum absolute atomic E-state index is 0.0742. The van der Waals surface area contributed by atoms with Gasteiger partial charge in [0.15, 0.2) is 0 Å². The lowest BCUT2D eigenvalue weighted by atomic mass is 9.91. The second kappa shape index (κ2) is 6.76. The fourth-order valence-corrected chi connectivity index (χ4v) is 4.82. The molecular weight excluding hydrogens is 348 g/mol. The van der Waals surface area contributed by atoms with Crippen molar-refractivity contribution in [1.29, 1.82) is 5.26 Å². The third kappa shape index (κ3) is 3.34. The molecule has 7 heteroatoms. The van der Waals surface area contributed by atoms with Gasteiger partial charge >= 0.3 is 6.09 Å². The van der Waals surface area contributed by atoms with E-state index in [9.17, 15) is 15.2 Å². The van der Waals surface area contributed by atoms with Crippen molar-refractivity contribution >= 4 is 33.3 Å². The van der Waals surface area contributed by atoms with Crippen LogP contribution in [0.15, 0.2) is 17.6 Å².